The van der Waals surface area contributed by atoms with Crippen LogP contribution in [0.2, 0.25) is 0 Å². The minimum atomic E-state index is -1.31. The maximum atomic E-state index is 12.7. The lowest BCUT2D eigenvalue weighted by Crippen LogP contribution is -2.37. The van der Waals surface area contributed by atoms with Crippen molar-refractivity contribution in [2.75, 3.05) is 18.2 Å². The summed E-state index contributed by atoms with van der Waals surface area (Å²) < 4.78 is 3.81. The fourth-order valence-electron chi connectivity index (χ4n) is 3.74. The topological polar surface area (TPSA) is 130 Å². The van der Waals surface area contributed by atoms with Crippen molar-refractivity contribution in [2.45, 2.75) is 89.2 Å². The van der Waals surface area contributed by atoms with Crippen LogP contribution >= 0.6 is 11.8 Å². The van der Waals surface area contributed by atoms with Gasteiger partial charge in [-0.25, -0.2) is 9.59 Å². The molecule has 0 aromatic heterocycles. The van der Waals surface area contributed by atoms with Gasteiger partial charge in [0, 0.05) is 5.69 Å². The third kappa shape index (κ3) is 11.6. The molecule has 0 spiro atoms. The second-order valence-corrected chi connectivity index (χ2v) is 10.5. The average molecular weight is 510 g/mol. The van der Waals surface area contributed by atoms with E-state index < -0.39 is 28.6 Å². The summed E-state index contributed by atoms with van der Waals surface area (Å²) in [5.74, 6) is -2.97. The van der Waals surface area contributed by atoms with Crippen molar-refractivity contribution in [2.24, 2.45) is 0 Å². The number of carboxylic acid groups (broad SMARTS) is 2. The van der Waals surface area contributed by atoms with Crippen molar-refractivity contribution in [1.29, 1.82) is 0 Å². The number of carbonyl (C=O) groups is 4. The second-order valence-electron chi connectivity index (χ2n) is 8.89. The molecule has 0 aliphatic heterocycles. The zero-order valence-electron chi connectivity index (χ0n) is 21.1. The first-order chi connectivity index (χ1) is 16.6. The van der Waals surface area contributed by atoms with Crippen molar-refractivity contribution in [3.05, 3.63) is 29.3 Å². The fraction of sp³-hybridized carbons (Fsp3) is 0.615. The normalized spacial score (nSPS) is 12.5. The van der Waals surface area contributed by atoms with Crippen LogP contribution in [0.3, 0.4) is 0 Å². The molecule has 3 N–H and O–H groups in total. The highest BCUT2D eigenvalue weighted by Gasteiger charge is 2.37. The van der Waals surface area contributed by atoms with Gasteiger partial charge in [-0.2, -0.15) is 0 Å². The zero-order valence-corrected chi connectivity index (χ0v) is 21.9. The van der Waals surface area contributed by atoms with E-state index in [1.165, 1.54) is 76.0 Å². The predicted molar refractivity (Wildman–Crippen MR) is 138 cm³/mol. The SMILES string of the molecule is CCCCCCCCCCCCSC(C)(CC(=O)Nc1cc(C(=O)O)cc(C(=O)O)c1)C(=O)OC. The molecule has 0 bridgehead atoms. The minimum Gasteiger partial charge on any atom is -0.478 e. The van der Waals surface area contributed by atoms with Crippen molar-refractivity contribution in [3.63, 3.8) is 0 Å². The van der Waals surface area contributed by atoms with E-state index in [9.17, 15) is 29.4 Å². The maximum absolute atomic E-state index is 12.7. The highest BCUT2D eigenvalue weighted by atomic mass is 32.2. The Kier molecular flexibility index (Phi) is 14.1. The van der Waals surface area contributed by atoms with Gasteiger partial charge in [0.2, 0.25) is 5.91 Å². The summed E-state index contributed by atoms with van der Waals surface area (Å²) in [5.41, 5.74) is -0.475. The molecule has 8 nitrogen and oxygen atoms in total. The highest BCUT2D eigenvalue weighted by Crippen LogP contribution is 2.32. The summed E-state index contributed by atoms with van der Waals surface area (Å²) in [6.45, 7) is 3.86. The number of rotatable bonds is 18. The van der Waals surface area contributed by atoms with E-state index in [0.717, 1.165) is 25.3 Å². The van der Waals surface area contributed by atoms with Crippen LogP contribution < -0.4 is 5.32 Å². The molecule has 0 saturated carbocycles. The molecule has 1 unspecified atom stereocenters. The summed E-state index contributed by atoms with van der Waals surface area (Å²) in [7, 11) is 1.27. The molecular formula is C26H39NO7S. The first kappa shape index (κ1) is 30.5. The van der Waals surface area contributed by atoms with Gasteiger partial charge in [-0.05, 0) is 37.3 Å². The van der Waals surface area contributed by atoms with Gasteiger partial charge in [0.15, 0.2) is 0 Å². The van der Waals surface area contributed by atoms with E-state index in [0.29, 0.717) is 5.75 Å². The molecule has 0 radical (unpaired) electrons. The smallest absolute Gasteiger partial charge is 0.335 e. The van der Waals surface area contributed by atoms with E-state index in [2.05, 4.69) is 12.2 Å². The minimum absolute atomic E-state index is 0.0409. The Bertz CT molecular complexity index is 826. The first-order valence-electron chi connectivity index (χ1n) is 12.3. The molecule has 1 rings (SSSR count). The summed E-state index contributed by atoms with van der Waals surface area (Å²) in [5, 5.41) is 20.9. The van der Waals surface area contributed by atoms with Gasteiger partial charge < -0.3 is 20.3 Å². The quantitative estimate of drug-likeness (QED) is 0.162. The van der Waals surface area contributed by atoms with Gasteiger partial charge in [0.05, 0.1) is 24.7 Å². The monoisotopic (exact) mass is 509 g/mol. The number of amides is 1. The van der Waals surface area contributed by atoms with Gasteiger partial charge in [-0.3, -0.25) is 9.59 Å². The Labute approximate surface area is 212 Å². The van der Waals surface area contributed by atoms with Gasteiger partial charge >= 0.3 is 17.9 Å². The lowest BCUT2D eigenvalue weighted by atomic mass is 10.1. The number of aromatic carboxylic acids is 2. The lowest BCUT2D eigenvalue weighted by Gasteiger charge is -2.25. The summed E-state index contributed by atoms with van der Waals surface area (Å²) in [4.78, 5) is 47.7. The van der Waals surface area contributed by atoms with E-state index >= 15 is 0 Å². The molecule has 1 amide bonds. The maximum Gasteiger partial charge on any atom is 0.335 e. The zero-order chi connectivity index (χ0) is 26.3. The number of thioether (sulfide) groups is 1. The van der Waals surface area contributed by atoms with Crippen LogP contribution in [-0.4, -0.2) is 51.6 Å². The lowest BCUT2D eigenvalue weighted by molar-refractivity contribution is -0.144. The molecule has 0 fully saturated rings. The Morgan fingerprint density at radius 1 is 0.857 bits per heavy atom. The third-order valence-corrected chi connectivity index (χ3v) is 7.19. The van der Waals surface area contributed by atoms with Gasteiger partial charge in [0.25, 0.3) is 0 Å². The van der Waals surface area contributed by atoms with Crippen molar-refractivity contribution in [1.82, 2.24) is 0 Å². The van der Waals surface area contributed by atoms with Gasteiger partial charge in [-0.1, -0.05) is 64.7 Å². The Balaban J connectivity index is 2.58. The molecule has 0 aliphatic rings. The van der Waals surface area contributed by atoms with Gasteiger partial charge in [-0.15, -0.1) is 11.8 Å². The van der Waals surface area contributed by atoms with Crippen LogP contribution in [0.5, 0.6) is 0 Å². The second kappa shape index (κ2) is 16.2. The standard InChI is InChI=1S/C26H39NO7S/c1-4-5-6-7-8-9-10-11-12-13-14-35-26(2,25(33)34-3)18-22(28)27-21-16-19(23(29)30)15-20(17-21)24(31)32/h15-17H,4-14,18H2,1-3H3,(H,27,28)(H,29,30)(H,31,32). The number of hydrogen-bond acceptors (Lipinski definition) is 6. The molecule has 1 atom stereocenters. The molecule has 1 aromatic rings. The van der Waals surface area contributed by atoms with Crippen LogP contribution in [0.25, 0.3) is 0 Å². The van der Waals surface area contributed by atoms with Crippen LogP contribution in [-0.2, 0) is 14.3 Å². The number of carbonyl (C=O) groups excluding carboxylic acids is 2. The molecule has 196 valence electrons. The van der Waals surface area contributed by atoms with Crippen LogP contribution in [0.15, 0.2) is 18.2 Å². The number of esters is 1. The van der Waals surface area contributed by atoms with Crippen molar-refractivity contribution >= 4 is 41.3 Å². The molecule has 35 heavy (non-hydrogen) atoms. The molecular weight excluding hydrogens is 470 g/mol. The van der Waals surface area contributed by atoms with E-state index in [1.807, 2.05) is 0 Å². The first-order valence-corrected chi connectivity index (χ1v) is 13.3. The molecule has 9 heteroatoms. The van der Waals surface area contributed by atoms with Crippen LogP contribution in [0.4, 0.5) is 5.69 Å². The number of benzene rings is 1. The largest absolute Gasteiger partial charge is 0.478 e. The average Bonchev–Trinajstić information content (AvgIpc) is 2.81. The van der Waals surface area contributed by atoms with E-state index in [1.54, 1.807) is 6.92 Å². The number of carboxylic acids is 2. The van der Waals surface area contributed by atoms with E-state index in [4.69, 9.17) is 4.74 Å². The number of unbranched alkanes of at least 4 members (excludes halogenated alkanes) is 9. The van der Waals surface area contributed by atoms with Gasteiger partial charge in [0.1, 0.15) is 4.75 Å². The Morgan fingerprint density at radius 3 is 1.80 bits per heavy atom. The number of anilines is 1. The predicted octanol–water partition coefficient (Wildman–Crippen LogP) is 6.00. The van der Waals surface area contributed by atoms with Crippen LogP contribution in [0.1, 0.15) is 105 Å². The Morgan fingerprint density at radius 2 is 1.34 bits per heavy atom. The number of methoxy groups -OCH3 is 1. The molecule has 0 aliphatic carbocycles. The third-order valence-electron chi connectivity index (χ3n) is 5.74. The van der Waals surface area contributed by atoms with Crippen molar-refractivity contribution in [3.8, 4) is 0 Å². The summed E-state index contributed by atoms with van der Waals surface area (Å²) >= 11 is 1.37. The Hall–Kier alpha value is -2.55. The van der Waals surface area contributed by atoms with Crippen LogP contribution in [0, 0.1) is 0 Å². The number of nitrogens with one attached hydrogen (secondary N) is 1. The van der Waals surface area contributed by atoms with E-state index in [-0.39, 0.29) is 23.2 Å². The molecule has 0 saturated heterocycles. The van der Waals surface area contributed by atoms with Crippen molar-refractivity contribution < 1.29 is 34.1 Å². The molecule has 1 aromatic carbocycles. The highest BCUT2D eigenvalue weighted by molar-refractivity contribution is 8.01. The fourth-order valence-corrected chi connectivity index (χ4v) is 4.98. The summed E-state index contributed by atoms with van der Waals surface area (Å²) in [6.07, 6.45) is 11.9. The molecule has 0 heterocycles. The number of hydrogen-bond donors (Lipinski definition) is 3. The number of ether oxygens (including phenoxy) is 1. The summed E-state index contributed by atoms with van der Waals surface area (Å²) in [6, 6.07) is 3.37.